The van der Waals surface area contributed by atoms with Gasteiger partial charge in [0.25, 0.3) is 0 Å². The van der Waals surface area contributed by atoms with Gasteiger partial charge in [-0.25, -0.2) is 4.99 Å². The maximum atomic E-state index is 6.25. The first-order chi connectivity index (χ1) is 12.9. The monoisotopic (exact) mass is 435 g/mol. The van der Waals surface area contributed by atoms with Crippen LogP contribution in [0.5, 0.6) is 0 Å². The minimum Gasteiger partial charge on any atom is -0.369 e. The summed E-state index contributed by atoms with van der Waals surface area (Å²) < 4.78 is 0. The van der Waals surface area contributed by atoms with E-state index in [4.69, 9.17) is 52.1 Å². The van der Waals surface area contributed by atoms with E-state index in [-0.39, 0.29) is 26.1 Å². The van der Waals surface area contributed by atoms with E-state index in [1.165, 1.54) is 22.6 Å². The lowest BCUT2D eigenvalue weighted by Gasteiger charge is -2.21. The summed E-state index contributed by atoms with van der Waals surface area (Å²) in [7, 11) is 1.85. The first-order valence-electron chi connectivity index (χ1n) is 8.03. The maximum absolute atomic E-state index is 6.25. The molecule has 1 aliphatic carbocycles. The molecule has 4 rings (SSSR count). The highest BCUT2D eigenvalue weighted by atomic mass is 35.5. The summed E-state index contributed by atoms with van der Waals surface area (Å²) in [6.45, 7) is 0. The first kappa shape index (κ1) is 18.5. The molecule has 0 heterocycles. The Hall–Kier alpha value is -1.91. The van der Waals surface area contributed by atoms with Crippen LogP contribution in [0.3, 0.4) is 0 Å². The standard InChI is InChI=1S/C20H13Cl4N3/c1-27(20(25)26-14-9-13(21)17(22)19(24)18(14)23)15-8-7-11-6-5-10-3-2-4-12(15)16(10)11/h2-9H,1H3,(H2,25,26). The van der Waals surface area contributed by atoms with Gasteiger partial charge in [-0.15, -0.1) is 0 Å². The molecule has 0 saturated heterocycles. The summed E-state index contributed by atoms with van der Waals surface area (Å²) in [5, 5.41) is 3.09. The fraction of sp³-hybridized carbons (Fsp3) is 0.0500. The van der Waals surface area contributed by atoms with Gasteiger partial charge in [0.15, 0.2) is 0 Å². The average Bonchev–Trinajstić information content (AvgIpc) is 3.09. The first-order valence-corrected chi connectivity index (χ1v) is 9.54. The number of halogens is 4. The van der Waals surface area contributed by atoms with Crippen LogP contribution in [0.4, 0.5) is 11.4 Å². The van der Waals surface area contributed by atoms with E-state index < -0.39 is 0 Å². The molecule has 0 aliphatic heterocycles. The topological polar surface area (TPSA) is 41.6 Å². The summed E-state index contributed by atoms with van der Waals surface area (Å²) >= 11 is 24.4. The van der Waals surface area contributed by atoms with Crippen molar-refractivity contribution < 1.29 is 0 Å². The molecule has 0 unspecified atom stereocenters. The van der Waals surface area contributed by atoms with Gasteiger partial charge in [-0.3, -0.25) is 0 Å². The van der Waals surface area contributed by atoms with Crippen molar-refractivity contribution in [3.8, 4) is 0 Å². The predicted octanol–water partition coefficient (Wildman–Crippen LogP) is 7.02. The van der Waals surface area contributed by atoms with Crippen LogP contribution in [-0.2, 0) is 0 Å². The quantitative estimate of drug-likeness (QED) is 0.159. The smallest absolute Gasteiger partial charge is 0.200 e. The number of aliphatic imine (C=N–C) groups is 1. The fourth-order valence-electron chi connectivity index (χ4n) is 3.16. The number of nitrogens with two attached hydrogens (primary N) is 1. The van der Waals surface area contributed by atoms with Crippen molar-refractivity contribution in [3.63, 3.8) is 0 Å². The van der Waals surface area contributed by atoms with Gasteiger partial charge >= 0.3 is 0 Å². The van der Waals surface area contributed by atoms with E-state index in [1.807, 2.05) is 19.2 Å². The molecular formula is C20H13Cl4N3. The summed E-state index contributed by atoms with van der Waals surface area (Å²) in [4.78, 5) is 6.21. The SMILES string of the molecule is CN(C(N)=Nc1cc(Cl)c(Cl)c(Cl)c1Cl)c1ccc2c3c(cccc13)C=C2. The molecule has 0 radical (unpaired) electrons. The molecule has 2 N–H and O–H groups in total. The number of guanidine groups is 1. The maximum Gasteiger partial charge on any atom is 0.200 e. The molecule has 7 heteroatoms. The third-order valence-corrected chi connectivity index (χ3v) is 6.29. The van der Waals surface area contributed by atoms with Crippen LogP contribution in [0.2, 0.25) is 20.1 Å². The third kappa shape index (κ3) is 3.05. The molecule has 0 amide bonds. The molecule has 3 aromatic rings. The molecule has 0 atom stereocenters. The molecule has 0 fully saturated rings. The Bertz CT molecular complexity index is 1140. The highest BCUT2D eigenvalue weighted by Crippen LogP contribution is 2.42. The third-order valence-electron chi connectivity index (χ3n) is 4.55. The van der Waals surface area contributed by atoms with Gasteiger partial charge in [0, 0.05) is 12.4 Å². The van der Waals surface area contributed by atoms with Crippen LogP contribution in [0.25, 0.3) is 22.9 Å². The van der Waals surface area contributed by atoms with Crippen LogP contribution >= 0.6 is 46.4 Å². The number of nitrogens with zero attached hydrogens (tertiary/aromatic N) is 2. The van der Waals surface area contributed by atoms with Gasteiger partial charge in [0.2, 0.25) is 5.96 Å². The molecular weight excluding hydrogens is 424 g/mol. The van der Waals surface area contributed by atoms with Crippen LogP contribution in [0, 0.1) is 0 Å². The minimum absolute atomic E-state index is 0.149. The van der Waals surface area contributed by atoms with Gasteiger partial charge in [-0.1, -0.05) is 82.8 Å². The lowest BCUT2D eigenvalue weighted by Crippen LogP contribution is -2.33. The number of rotatable bonds is 2. The summed E-state index contributed by atoms with van der Waals surface area (Å²) in [5.74, 6) is 0.248. The molecule has 0 spiro atoms. The second kappa shape index (κ2) is 6.92. The molecule has 0 saturated carbocycles. The normalized spacial score (nSPS) is 12.9. The largest absolute Gasteiger partial charge is 0.369 e. The molecule has 0 bridgehead atoms. The van der Waals surface area contributed by atoms with Crippen LogP contribution < -0.4 is 10.6 Å². The Kier molecular flexibility index (Phi) is 4.73. The van der Waals surface area contributed by atoms with E-state index in [2.05, 4.69) is 35.3 Å². The van der Waals surface area contributed by atoms with Gasteiger partial charge in [0.1, 0.15) is 0 Å². The van der Waals surface area contributed by atoms with Crippen LogP contribution in [0.15, 0.2) is 41.4 Å². The Labute approximate surface area is 176 Å². The van der Waals surface area contributed by atoms with Gasteiger partial charge in [-0.05, 0) is 28.6 Å². The Morgan fingerprint density at radius 3 is 2.37 bits per heavy atom. The van der Waals surface area contributed by atoms with Gasteiger partial charge in [0.05, 0.1) is 31.5 Å². The zero-order valence-corrected chi connectivity index (χ0v) is 17.1. The Morgan fingerprint density at radius 1 is 0.926 bits per heavy atom. The highest BCUT2D eigenvalue weighted by Gasteiger charge is 2.17. The van der Waals surface area contributed by atoms with Gasteiger partial charge in [-0.2, -0.15) is 0 Å². The van der Waals surface area contributed by atoms with Crippen molar-refractivity contribution in [1.82, 2.24) is 0 Å². The lowest BCUT2D eigenvalue weighted by molar-refractivity contribution is 1.23. The summed E-state index contributed by atoms with van der Waals surface area (Å²) in [6.07, 6.45) is 4.22. The second-order valence-electron chi connectivity index (χ2n) is 6.13. The Morgan fingerprint density at radius 2 is 1.63 bits per heavy atom. The highest BCUT2D eigenvalue weighted by molar-refractivity contribution is 6.52. The van der Waals surface area contributed by atoms with Gasteiger partial charge < -0.3 is 10.6 Å². The van der Waals surface area contributed by atoms with Crippen molar-refractivity contribution in [2.75, 3.05) is 11.9 Å². The molecule has 27 heavy (non-hydrogen) atoms. The molecule has 3 nitrogen and oxygen atoms in total. The van der Waals surface area contributed by atoms with E-state index in [0.717, 1.165) is 11.1 Å². The summed E-state index contributed by atoms with van der Waals surface area (Å²) in [6, 6.07) is 11.8. The van der Waals surface area contributed by atoms with Crippen LogP contribution in [-0.4, -0.2) is 13.0 Å². The van der Waals surface area contributed by atoms with Crippen molar-refractivity contribution in [1.29, 1.82) is 0 Å². The predicted molar refractivity (Wildman–Crippen MR) is 119 cm³/mol. The fourth-order valence-corrected chi connectivity index (χ4v) is 3.99. The molecule has 1 aliphatic rings. The second-order valence-corrected chi connectivity index (χ2v) is 7.67. The van der Waals surface area contributed by atoms with E-state index in [0.29, 0.717) is 5.69 Å². The zero-order valence-electron chi connectivity index (χ0n) is 14.1. The number of hydrogen-bond acceptors (Lipinski definition) is 1. The molecule has 3 aromatic carbocycles. The van der Waals surface area contributed by atoms with Crippen molar-refractivity contribution in [2.24, 2.45) is 10.7 Å². The molecule has 0 aromatic heterocycles. The van der Waals surface area contributed by atoms with E-state index >= 15 is 0 Å². The van der Waals surface area contributed by atoms with E-state index in [1.54, 1.807) is 4.90 Å². The van der Waals surface area contributed by atoms with Crippen molar-refractivity contribution in [2.45, 2.75) is 0 Å². The van der Waals surface area contributed by atoms with Crippen LogP contribution in [0.1, 0.15) is 11.1 Å². The summed E-state index contributed by atoms with van der Waals surface area (Å²) in [5.41, 5.74) is 9.92. The Balaban J connectivity index is 1.80. The van der Waals surface area contributed by atoms with E-state index in [9.17, 15) is 0 Å². The zero-order chi connectivity index (χ0) is 19.3. The number of hydrogen-bond donors (Lipinski definition) is 1. The lowest BCUT2D eigenvalue weighted by atomic mass is 10.0. The minimum atomic E-state index is 0.149. The van der Waals surface area contributed by atoms with Crippen molar-refractivity contribution >= 4 is 86.7 Å². The van der Waals surface area contributed by atoms with Crippen molar-refractivity contribution in [3.05, 3.63) is 67.6 Å². The average molecular weight is 437 g/mol. The number of benzene rings is 3. The molecule has 136 valence electrons. The number of anilines is 1.